The van der Waals surface area contributed by atoms with Gasteiger partial charge in [-0.25, -0.2) is 0 Å². The van der Waals surface area contributed by atoms with Gasteiger partial charge in [0.1, 0.15) is 0 Å². The summed E-state index contributed by atoms with van der Waals surface area (Å²) in [6, 6.07) is 14.1. The van der Waals surface area contributed by atoms with Crippen molar-refractivity contribution in [3.8, 4) is 0 Å². The van der Waals surface area contributed by atoms with Crippen LogP contribution in [0, 0.1) is 6.92 Å². The number of aryl methyl sites for hydroxylation is 1. The first kappa shape index (κ1) is 13.9. The molecule has 0 aliphatic rings. The number of rotatable bonds is 3. The van der Waals surface area contributed by atoms with E-state index < -0.39 is 0 Å². The van der Waals surface area contributed by atoms with Gasteiger partial charge in [-0.1, -0.05) is 45.7 Å². The SMILES string of the molecule is Cc1ccc(Cl)cc1C(Cl)Cc1ccc(Br)cc1. The predicted molar refractivity (Wildman–Crippen MR) is 82.6 cm³/mol. The van der Waals surface area contributed by atoms with Crippen molar-refractivity contribution in [1.29, 1.82) is 0 Å². The molecule has 0 heterocycles. The van der Waals surface area contributed by atoms with Crippen LogP contribution in [0.5, 0.6) is 0 Å². The van der Waals surface area contributed by atoms with Crippen LogP contribution in [0.4, 0.5) is 0 Å². The third-order valence-electron chi connectivity index (χ3n) is 2.91. The van der Waals surface area contributed by atoms with E-state index in [0.29, 0.717) is 0 Å². The molecule has 0 nitrogen and oxygen atoms in total. The van der Waals surface area contributed by atoms with Gasteiger partial charge >= 0.3 is 0 Å². The van der Waals surface area contributed by atoms with Crippen molar-refractivity contribution >= 4 is 39.1 Å². The average Bonchev–Trinajstić information content (AvgIpc) is 2.35. The summed E-state index contributed by atoms with van der Waals surface area (Å²) in [5.41, 5.74) is 3.50. The Hall–Kier alpha value is -0.500. The van der Waals surface area contributed by atoms with Crippen molar-refractivity contribution < 1.29 is 0 Å². The molecule has 0 saturated carbocycles. The number of halogens is 3. The summed E-state index contributed by atoms with van der Waals surface area (Å²) in [6.07, 6.45) is 0.802. The fraction of sp³-hybridized carbons (Fsp3) is 0.200. The molecule has 1 atom stereocenters. The van der Waals surface area contributed by atoms with Gasteiger partial charge in [0.15, 0.2) is 0 Å². The van der Waals surface area contributed by atoms with Gasteiger partial charge in [0, 0.05) is 9.50 Å². The zero-order valence-corrected chi connectivity index (χ0v) is 13.1. The molecule has 0 aliphatic heterocycles. The Morgan fingerprint density at radius 2 is 1.78 bits per heavy atom. The summed E-state index contributed by atoms with van der Waals surface area (Å²) < 4.78 is 1.08. The Morgan fingerprint density at radius 3 is 2.44 bits per heavy atom. The topological polar surface area (TPSA) is 0 Å². The maximum atomic E-state index is 6.49. The van der Waals surface area contributed by atoms with Gasteiger partial charge in [-0.05, 0) is 54.3 Å². The molecule has 1 unspecified atom stereocenters. The molecule has 0 fully saturated rings. The zero-order valence-electron chi connectivity index (χ0n) is 9.96. The zero-order chi connectivity index (χ0) is 13.1. The molecule has 0 aromatic heterocycles. The van der Waals surface area contributed by atoms with Crippen LogP contribution >= 0.6 is 39.1 Å². The molecule has 0 radical (unpaired) electrons. The molecule has 2 rings (SSSR count). The molecular formula is C15H13BrCl2. The Kier molecular flexibility index (Phi) is 4.71. The lowest BCUT2D eigenvalue weighted by Gasteiger charge is -2.13. The summed E-state index contributed by atoms with van der Waals surface area (Å²) in [5.74, 6) is 0. The number of hydrogen-bond donors (Lipinski definition) is 0. The first-order chi connectivity index (χ1) is 8.56. The smallest absolute Gasteiger partial charge is 0.0628 e. The van der Waals surface area contributed by atoms with Crippen LogP contribution in [0.2, 0.25) is 5.02 Å². The number of hydrogen-bond acceptors (Lipinski definition) is 0. The highest BCUT2D eigenvalue weighted by molar-refractivity contribution is 9.10. The van der Waals surface area contributed by atoms with E-state index in [0.717, 1.165) is 21.5 Å². The molecule has 0 aliphatic carbocycles. The molecule has 0 N–H and O–H groups in total. The van der Waals surface area contributed by atoms with E-state index in [2.05, 4.69) is 35.0 Å². The van der Waals surface area contributed by atoms with Crippen molar-refractivity contribution in [2.75, 3.05) is 0 Å². The summed E-state index contributed by atoms with van der Waals surface area (Å²) in [5, 5.41) is 0.682. The third-order valence-corrected chi connectivity index (χ3v) is 4.06. The van der Waals surface area contributed by atoms with Gasteiger partial charge in [-0.15, -0.1) is 11.6 Å². The highest BCUT2D eigenvalue weighted by atomic mass is 79.9. The Morgan fingerprint density at radius 1 is 1.11 bits per heavy atom. The lowest BCUT2D eigenvalue weighted by atomic mass is 10.0. The fourth-order valence-corrected chi connectivity index (χ4v) is 2.74. The standard InChI is InChI=1S/C15H13BrCl2/c1-10-2-7-13(17)9-14(10)15(18)8-11-3-5-12(16)6-4-11/h2-7,9,15H,8H2,1H3. The normalized spacial score (nSPS) is 12.4. The largest absolute Gasteiger partial charge is 0.117 e. The minimum atomic E-state index is -0.0510. The number of alkyl halides is 1. The summed E-state index contributed by atoms with van der Waals surface area (Å²) >= 11 is 15.9. The molecular weight excluding hydrogens is 331 g/mol. The van der Waals surface area contributed by atoms with Gasteiger partial charge in [0.25, 0.3) is 0 Å². The lowest BCUT2D eigenvalue weighted by Crippen LogP contribution is -1.98. The monoisotopic (exact) mass is 342 g/mol. The van der Waals surface area contributed by atoms with Crippen LogP contribution in [0.1, 0.15) is 22.1 Å². The van der Waals surface area contributed by atoms with E-state index in [9.17, 15) is 0 Å². The predicted octanol–water partition coefficient (Wildman–Crippen LogP) is 5.93. The highest BCUT2D eigenvalue weighted by Crippen LogP contribution is 2.30. The molecule has 0 saturated heterocycles. The van der Waals surface area contributed by atoms with Crippen LogP contribution in [-0.4, -0.2) is 0 Å². The Labute approximate surface area is 126 Å². The highest BCUT2D eigenvalue weighted by Gasteiger charge is 2.12. The summed E-state index contributed by atoms with van der Waals surface area (Å²) in [6.45, 7) is 2.06. The van der Waals surface area contributed by atoms with E-state index in [-0.39, 0.29) is 5.38 Å². The van der Waals surface area contributed by atoms with Crippen LogP contribution < -0.4 is 0 Å². The van der Waals surface area contributed by atoms with Gasteiger partial charge < -0.3 is 0 Å². The van der Waals surface area contributed by atoms with Crippen molar-refractivity contribution in [3.05, 3.63) is 68.7 Å². The maximum absolute atomic E-state index is 6.49. The van der Waals surface area contributed by atoms with Crippen molar-refractivity contribution in [2.24, 2.45) is 0 Å². The molecule has 2 aromatic rings. The van der Waals surface area contributed by atoms with E-state index >= 15 is 0 Å². The van der Waals surface area contributed by atoms with Crippen LogP contribution in [0.25, 0.3) is 0 Å². The van der Waals surface area contributed by atoms with E-state index in [4.69, 9.17) is 23.2 Å². The minimum absolute atomic E-state index is 0.0510. The van der Waals surface area contributed by atoms with Gasteiger partial charge in [0.2, 0.25) is 0 Å². The maximum Gasteiger partial charge on any atom is 0.0628 e. The third kappa shape index (κ3) is 3.50. The van der Waals surface area contributed by atoms with Crippen molar-refractivity contribution in [3.63, 3.8) is 0 Å². The van der Waals surface area contributed by atoms with Crippen LogP contribution in [0.3, 0.4) is 0 Å². The van der Waals surface area contributed by atoms with Gasteiger partial charge in [-0.3, -0.25) is 0 Å². The second kappa shape index (κ2) is 6.10. The Balaban J connectivity index is 2.18. The minimum Gasteiger partial charge on any atom is -0.117 e. The fourth-order valence-electron chi connectivity index (χ4n) is 1.89. The second-order valence-corrected chi connectivity index (χ2v) is 6.18. The molecule has 0 amide bonds. The summed E-state index contributed by atoms with van der Waals surface area (Å²) in [7, 11) is 0. The summed E-state index contributed by atoms with van der Waals surface area (Å²) in [4.78, 5) is 0. The van der Waals surface area contributed by atoms with Crippen LogP contribution in [0.15, 0.2) is 46.9 Å². The average molecular weight is 344 g/mol. The van der Waals surface area contributed by atoms with Crippen LogP contribution in [-0.2, 0) is 6.42 Å². The van der Waals surface area contributed by atoms with Crippen molar-refractivity contribution in [1.82, 2.24) is 0 Å². The molecule has 2 aromatic carbocycles. The van der Waals surface area contributed by atoms with Crippen molar-refractivity contribution in [2.45, 2.75) is 18.7 Å². The first-order valence-corrected chi connectivity index (χ1v) is 7.31. The van der Waals surface area contributed by atoms with Gasteiger partial charge in [-0.2, -0.15) is 0 Å². The van der Waals surface area contributed by atoms with E-state index in [1.165, 1.54) is 11.1 Å². The molecule has 0 spiro atoms. The Bertz CT molecular complexity index is 535. The van der Waals surface area contributed by atoms with E-state index in [1.54, 1.807) is 0 Å². The molecule has 18 heavy (non-hydrogen) atoms. The first-order valence-electron chi connectivity index (χ1n) is 5.71. The molecule has 0 bridgehead atoms. The molecule has 3 heteroatoms. The second-order valence-electron chi connectivity index (χ2n) is 4.30. The van der Waals surface area contributed by atoms with Gasteiger partial charge in [0.05, 0.1) is 5.38 Å². The lowest BCUT2D eigenvalue weighted by molar-refractivity contribution is 0.910. The molecule has 94 valence electrons. The van der Waals surface area contributed by atoms with E-state index in [1.807, 2.05) is 30.3 Å². The quantitative estimate of drug-likeness (QED) is 0.605. The number of benzene rings is 2.